The van der Waals surface area contributed by atoms with Crippen LogP contribution in [0.15, 0.2) is 0 Å². The molecule has 1 amide bonds. The van der Waals surface area contributed by atoms with Crippen LogP contribution >= 0.6 is 0 Å². The van der Waals surface area contributed by atoms with Crippen molar-refractivity contribution in [3.8, 4) is 0 Å². The summed E-state index contributed by atoms with van der Waals surface area (Å²) >= 11 is 0. The summed E-state index contributed by atoms with van der Waals surface area (Å²) in [5.41, 5.74) is 0. The smallest absolute Gasteiger partial charge is 0.396 e. The zero-order valence-electron chi connectivity index (χ0n) is 9.54. The molecule has 0 aliphatic rings. The molecule has 0 atom stereocenters. The Balaban J connectivity index is 3.43. The van der Waals surface area contributed by atoms with Crippen molar-refractivity contribution in [1.29, 1.82) is 0 Å². The normalized spacial score (nSPS) is 10.1. The van der Waals surface area contributed by atoms with E-state index < -0.39 is 11.9 Å². The first-order chi connectivity index (χ1) is 7.07. The first kappa shape index (κ1) is 13.9. The molecule has 0 aromatic carbocycles. The molecule has 15 heavy (non-hydrogen) atoms. The van der Waals surface area contributed by atoms with Gasteiger partial charge in [0.15, 0.2) is 0 Å². The van der Waals surface area contributed by atoms with Gasteiger partial charge in [0.05, 0.1) is 13.2 Å². The van der Waals surface area contributed by atoms with Crippen molar-refractivity contribution in [2.75, 3.05) is 26.4 Å². The van der Waals surface area contributed by atoms with E-state index >= 15 is 0 Å². The summed E-state index contributed by atoms with van der Waals surface area (Å²) < 4.78 is 9.73. The summed E-state index contributed by atoms with van der Waals surface area (Å²) in [6, 6.07) is 0. The average Bonchev–Trinajstić information content (AvgIpc) is 2.16. The van der Waals surface area contributed by atoms with Gasteiger partial charge in [-0.2, -0.15) is 0 Å². The van der Waals surface area contributed by atoms with Crippen LogP contribution in [0.2, 0.25) is 0 Å². The van der Waals surface area contributed by atoms with Gasteiger partial charge in [-0.25, -0.2) is 4.79 Å². The van der Waals surface area contributed by atoms with Crippen molar-refractivity contribution in [2.45, 2.75) is 20.8 Å². The molecule has 0 aliphatic heterocycles. The molecule has 0 bridgehead atoms. The number of amides is 1. The fourth-order valence-corrected chi connectivity index (χ4v) is 0.825. The highest BCUT2D eigenvalue weighted by Gasteiger charge is 2.12. The fourth-order valence-electron chi connectivity index (χ4n) is 0.825. The molecule has 0 saturated heterocycles. The monoisotopic (exact) mass is 217 g/mol. The number of carbonyl (C=O) groups is 2. The van der Waals surface area contributed by atoms with Crippen LogP contribution in [0.4, 0.5) is 0 Å². The van der Waals surface area contributed by atoms with E-state index in [0.717, 1.165) is 0 Å². The average molecular weight is 217 g/mol. The molecular weight excluding hydrogens is 198 g/mol. The Hall–Kier alpha value is -1.10. The molecule has 5 heteroatoms. The van der Waals surface area contributed by atoms with Crippen LogP contribution in [0.5, 0.6) is 0 Å². The minimum Gasteiger partial charge on any atom is -0.459 e. The fraction of sp³-hybridized carbons (Fsp3) is 0.800. The highest BCUT2D eigenvalue weighted by molar-refractivity contribution is 6.32. The van der Waals surface area contributed by atoms with Gasteiger partial charge in [0.2, 0.25) is 0 Å². The van der Waals surface area contributed by atoms with Gasteiger partial charge in [-0.15, -0.1) is 0 Å². The second kappa shape index (κ2) is 8.23. The third-order valence-electron chi connectivity index (χ3n) is 1.44. The van der Waals surface area contributed by atoms with Gasteiger partial charge in [0, 0.05) is 13.2 Å². The Labute approximate surface area is 90.1 Å². The number of hydrogen-bond donors (Lipinski definition) is 1. The number of esters is 1. The van der Waals surface area contributed by atoms with Gasteiger partial charge in [-0.1, -0.05) is 13.8 Å². The SMILES string of the molecule is CCOC(=O)C(=O)NCCOCC(C)C. The van der Waals surface area contributed by atoms with E-state index in [0.29, 0.717) is 25.7 Å². The maximum Gasteiger partial charge on any atom is 0.396 e. The summed E-state index contributed by atoms with van der Waals surface area (Å²) in [5.74, 6) is -1.10. The van der Waals surface area contributed by atoms with E-state index in [1.807, 2.05) is 13.8 Å². The van der Waals surface area contributed by atoms with Crippen molar-refractivity contribution in [3.63, 3.8) is 0 Å². The number of nitrogens with one attached hydrogen (secondary N) is 1. The second-order valence-electron chi connectivity index (χ2n) is 3.45. The van der Waals surface area contributed by atoms with Crippen molar-refractivity contribution in [3.05, 3.63) is 0 Å². The minimum absolute atomic E-state index is 0.204. The predicted octanol–water partition coefficient (Wildman–Crippen LogP) is 0.338. The molecule has 1 N–H and O–H groups in total. The van der Waals surface area contributed by atoms with Crippen molar-refractivity contribution in [2.24, 2.45) is 5.92 Å². The number of carbonyl (C=O) groups excluding carboxylic acids is 2. The van der Waals surface area contributed by atoms with E-state index in [9.17, 15) is 9.59 Å². The van der Waals surface area contributed by atoms with Gasteiger partial charge < -0.3 is 14.8 Å². The number of ether oxygens (including phenoxy) is 2. The lowest BCUT2D eigenvalue weighted by Gasteiger charge is -2.07. The van der Waals surface area contributed by atoms with Crippen LogP contribution in [-0.2, 0) is 19.1 Å². The van der Waals surface area contributed by atoms with Crippen molar-refractivity contribution < 1.29 is 19.1 Å². The highest BCUT2D eigenvalue weighted by Crippen LogP contribution is 1.90. The number of hydrogen-bond acceptors (Lipinski definition) is 4. The summed E-state index contributed by atoms with van der Waals surface area (Å²) in [5, 5.41) is 2.40. The van der Waals surface area contributed by atoms with Crippen LogP contribution in [0.1, 0.15) is 20.8 Å². The van der Waals surface area contributed by atoms with Gasteiger partial charge in [0.25, 0.3) is 0 Å². The Kier molecular flexibility index (Phi) is 7.62. The molecule has 0 saturated carbocycles. The topological polar surface area (TPSA) is 64.6 Å². The molecule has 0 rings (SSSR count). The van der Waals surface area contributed by atoms with Crippen molar-refractivity contribution >= 4 is 11.9 Å². The molecule has 0 fully saturated rings. The molecule has 0 aliphatic carbocycles. The van der Waals surface area contributed by atoms with E-state index in [2.05, 4.69) is 10.1 Å². The largest absolute Gasteiger partial charge is 0.459 e. The standard InChI is InChI=1S/C10H19NO4/c1-4-15-10(13)9(12)11-5-6-14-7-8(2)3/h8H,4-7H2,1-3H3,(H,11,12). The lowest BCUT2D eigenvalue weighted by atomic mass is 10.2. The first-order valence-electron chi connectivity index (χ1n) is 5.10. The Bertz CT molecular complexity index is 204. The highest BCUT2D eigenvalue weighted by atomic mass is 16.5. The lowest BCUT2D eigenvalue weighted by molar-refractivity contribution is -0.154. The summed E-state index contributed by atoms with van der Waals surface area (Å²) in [4.78, 5) is 21.8. The van der Waals surface area contributed by atoms with Crippen LogP contribution in [0.25, 0.3) is 0 Å². The van der Waals surface area contributed by atoms with Crippen LogP contribution < -0.4 is 5.32 Å². The number of rotatable bonds is 6. The molecule has 0 heterocycles. The van der Waals surface area contributed by atoms with E-state index in [1.165, 1.54) is 0 Å². The summed E-state index contributed by atoms with van der Waals surface area (Å²) in [6.45, 7) is 7.31. The third kappa shape index (κ3) is 7.93. The lowest BCUT2D eigenvalue weighted by Crippen LogP contribution is -2.34. The Morgan fingerprint density at radius 1 is 1.33 bits per heavy atom. The summed E-state index contributed by atoms with van der Waals surface area (Å²) in [7, 11) is 0. The third-order valence-corrected chi connectivity index (χ3v) is 1.44. The van der Waals surface area contributed by atoms with Gasteiger partial charge in [-0.3, -0.25) is 4.79 Å². The van der Waals surface area contributed by atoms with E-state index in [1.54, 1.807) is 6.92 Å². The van der Waals surface area contributed by atoms with Crippen LogP contribution in [-0.4, -0.2) is 38.2 Å². The quantitative estimate of drug-likeness (QED) is 0.396. The van der Waals surface area contributed by atoms with Crippen molar-refractivity contribution in [1.82, 2.24) is 5.32 Å². The molecular formula is C10H19NO4. The maximum absolute atomic E-state index is 11.0. The van der Waals surface area contributed by atoms with Gasteiger partial charge >= 0.3 is 11.9 Å². The Morgan fingerprint density at radius 2 is 2.00 bits per heavy atom. The van der Waals surface area contributed by atoms with Gasteiger partial charge in [0.1, 0.15) is 0 Å². The zero-order chi connectivity index (χ0) is 11.7. The predicted molar refractivity (Wildman–Crippen MR) is 55.3 cm³/mol. The zero-order valence-corrected chi connectivity index (χ0v) is 9.54. The molecule has 0 radical (unpaired) electrons. The molecule has 0 aromatic rings. The molecule has 5 nitrogen and oxygen atoms in total. The molecule has 0 unspecified atom stereocenters. The maximum atomic E-state index is 11.0. The molecule has 88 valence electrons. The minimum atomic E-state index is -0.846. The second-order valence-corrected chi connectivity index (χ2v) is 3.45. The summed E-state index contributed by atoms with van der Waals surface area (Å²) in [6.07, 6.45) is 0. The van der Waals surface area contributed by atoms with Crippen LogP contribution in [0, 0.1) is 5.92 Å². The van der Waals surface area contributed by atoms with Crippen LogP contribution in [0.3, 0.4) is 0 Å². The van der Waals surface area contributed by atoms with Gasteiger partial charge in [-0.05, 0) is 12.8 Å². The first-order valence-corrected chi connectivity index (χ1v) is 5.10. The Morgan fingerprint density at radius 3 is 2.53 bits per heavy atom. The molecule has 0 spiro atoms. The molecule has 0 aromatic heterocycles. The van der Waals surface area contributed by atoms with E-state index in [4.69, 9.17) is 4.74 Å². The van der Waals surface area contributed by atoms with E-state index in [-0.39, 0.29) is 6.61 Å².